The lowest BCUT2D eigenvalue weighted by molar-refractivity contribution is -0.116. The Morgan fingerprint density at radius 2 is 1.78 bits per heavy atom. The molecular weight excluding hydrogens is 350 g/mol. The van der Waals surface area contributed by atoms with Crippen LogP contribution < -0.4 is 19.5 Å². The van der Waals surface area contributed by atoms with Gasteiger partial charge in [0.05, 0.1) is 39.7 Å². The summed E-state index contributed by atoms with van der Waals surface area (Å²) in [6.45, 7) is 0. The first-order valence-electron chi connectivity index (χ1n) is 8.35. The van der Waals surface area contributed by atoms with Gasteiger partial charge in [-0.05, 0) is 17.7 Å². The van der Waals surface area contributed by atoms with E-state index in [0.29, 0.717) is 28.5 Å². The third-order valence-electron chi connectivity index (χ3n) is 4.59. The number of ether oxygens (including phenoxy) is 4. The Bertz CT molecular complexity index is 892. The molecule has 1 atom stereocenters. The first-order chi connectivity index (χ1) is 13.0. The minimum absolute atomic E-state index is 0.134. The van der Waals surface area contributed by atoms with Gasteiger partial charge in [-0.25, -0.2) is 4.79 Å². The minimum atomic E-state index is -0.434. The first kappa shape index (κ1) is 18.6. The van der Waals surface area contributed by atoms with E-state index in [2.05, 4.69) is 5.32 Å². The number of hydrogen-bond donors (Lipinski definition) is 1. The predicted octanol–water partition coefficient (Wildman–Crippen LogP) is 2.97. The van der Waals surface area contributed by atoms with E-state index in [1.807, 2.05) is 6.07 Å². The van der Waals surface area contributed by atoms with Gasteiger partial charge < -0.3 is 24.3 Å². The average molecular weight is 371 g/mol. The van der Waals surface area contributed by atoms with Crippen molar-refractivity contribution in [2.45, 2.75) is 12.3 Å². The Hall–Kier alpha value is -3.22. The van der Waals surface area contributed by atoms with Crippen molar-refractivity contribution in [1.82, 2.24) is 0 Å². The lowest BCUT2D eigenvalue weighted by atomic mass is 9.83. The topological polar surface area (TPSA) is 83.1 Å². The van der Waals surface area contributed by atoms with Gasteiger partial charge in [-0.2, -0.15) is 0 Å². The summed E-state index contributed by atoms with van der Waals surface area (Å²) in [6, 6.07) is 8.75. The van der Waals surface area contributed by atoms with Gasteiger partial charge in [0.1, 0.15) is 0 Å². The van der Waals surface area contributed by atoms with Gasteiger partial charge >= 0.3 is 5.97 Å². The molecule has 0 aliphatic carbocycles. The number of esters is 1. The van der Waals surface area contributed by atoms with Crippen molar-refractivity contribution in [3.8, 4) is 17.2 Å². The van der Waals surface area contributed by atoms with Crippen molar-refractivity contribution in [1.29, 1.82) is 0 Å². The van der Waals surface area contributed by atoms with Gasteiger partial charge in [0.15, 0.2) is 11.5 Å². The van der Waals surface area contributed by atoms with E-state index in [1.54, 1.807) is 24.3 Å². The average Bonchev–Trinajstić information content (AvgIpc) is 2.70. The molecule has 1 heterocycles. The van der Waals surface area contributed by atoms with Crippen LogP contribution in [-0.2, 0) is 9.53 Å². The maximum absolute atomic E-state index is 12.3. The fourth-order valence-corrected chi connectivity index (χ4v) is 3.40. The highest BCUT2D eigenvalue weighted by atomic mass is 16.5. The highest BCUT2D eigenvalue weighted by molar-refractivity contribution is 5.97. The fraction of sp³-hybridized carbons (Fsp3) is 0.300. The summed E-state index contributed by atoms with van der Waals surface area (Å²) in [5, 5.41) is 2.86. The largest absolute Gasteiger partial charge is 0.493 e. The molecule has 0 saturated carbocycles. The molecule has 0 spiro atoms. The Morgan fingerprint density at radius 1 is 1.04 bits per heavy atom. The monoisotopic (exact) mass is 371 g/mol. The molecule has 2 aromatic carbocycles. The van der Waals surface area contributed by atoms with Crippen molar-refractivity contribution < 1.29 is 28.5 Å². The van der Waals surface area contributed by atoms with Crippen LogP contribution in [0.2, 0.25) is 0 Å². The summed E-state index contributed by atoms with van der Waals surface area (Å²) in [7, 11) is 5.92. The summed E-state index contributed by atoms with van der Waals surface area (Å²) >= 11 is 0. The highest BCUT2D eigenvalue weighted by Crippen LogP contribution is 2.51. The summed E-state index contributed by atoms with van der Waals surface area (Å²) in [6.07, 6.45) is 0.212. The number of amides is 1. The van der Waals surface area contributed by atoms with E-state index in [-0.39, 0.29) is 18.2 Å². The molecule has 1 aliphatic rings. The van der Waals surface area contributed by atoms with E-state index in [0.717, 1.165) is 11.1 Å². The Labute approximate surface area is 157 Å². The third kappa shape index (κ3) is 3.28. The summed E-state index contributed by atoms with van der Waals surface area (Å²) < 4.78 is 21.3. The number of anilines is 1. The lowest BCUT2D eigenvalue weighted by Crippen LogP contribution is -2.24. The van der Waals surface area contributed by atoms with Crippen LogP contribution in [0.25, 0.3) is 0 Å². The van der Waals surface area contributed by atoms with E-state index in [1.165, 1.54) is 28.4 Å². The third-order valence-corrected chi connectivity index (χ3v) is 4.59. The van der Waals surface area contributed by atoms with Gasteiger partial charge in [-0.15, -0.1) is 0 Å². The second kappa shape index (κ2) is 7.57. The van der Waals surface area contributed by atoms with Gasteiger partial charge in [-0.1, -0.05) is 12.1 Å². The van der Waals surface area contributed by atoms with Crippen LogP contribution in [-0.4, -0.2) is 40.3 Å². The predicted molar refractivity (Wildman–Crippen MR) is 99.0 cm³/mol. The molecule has 0 radical (unpaired) electrons. The first-order valence-corrected chi connectivity index (χ1v) is 8.35. The summed E-state index contributed by atoms with van der Waals surface area (Å²) in [5.41, 5.74) is 2.59. The van der Waals surface area contributed by atoms with Crippen LogP contribution >= 0.6 is 0 Å². The maximum atomic E-state index is 12.3. The zero-order chi connectivity index (χ0) is 19.6. The normalized spacial score (nSPS) is 15.4. The number of fused-ring (bicyclic) bond motifs is 1. The maximum Gasteiger partial charge on any atom is 0.337 e. The van der Waals surface area contributed by atoms with Crippen molar-refractivity contribution in [3.05, 3.63) is 47.0 Å². The van der Waals surface area contributed by atoms with Crippen LogP contribution in [0.5, 0.6) is 17.2 Å². The molecular formula is C20H21NO6. The summed E-state index contributed by atoms with van der Waals surface area (Å²) in [5.74, 6) is 0.511. The smallest absolute Gasteiger partial charge is 0.337 e. The van der Waals surface area contributed by atoms with Crippen LogP contribution in [0.3, 0.4) is 0 Å². The summed E-state index contributed by atoms with van der Waals surface area (Å²) in [4.78, 5) is 24.2. The number of methoxy groups -OCH3 is 4. The number of carbonyl (C=O) groups is 2. The van der Waals surface area contributed by atoms with Gasteiger partial charge in [0.2, 0.25) is 11.7 Å². The molecule has 3 rings (SSSR count). The number of nitrogens with one attached hydrogen (secondary N) is 1. The molecule has 142 valence electrons. The quantitative estimate of drug-likeness (QED) is 0.814. The second-order valence-corrected chi connectivity index (χ2v) is 6.03. The second-order valence-electron chi connectivity index (χ2n) is 6.03. The molecule has 7 heteroatoms. The molecule has 27 heavy (non-hydrogen) atoms. The van der Waals surface area contributed by atoms with Crippen LogP contribution in [0.1, 0.15) is 33.8 Å². The number of rotatable bonds is 5. The lowest BCUT2D eigenvalue weighted by Gasteiger charge is -2.29. The van der Waals surface area contributed by atoms with E-state index in [4.69, 9.17) is 18.9 Å². The zero-order valence-electron chi connectivity index (χ0n) is 15.6. The van der Waals surface area contributed by atoms with E-state index in [9.17, 15) is 9.59 Å². The van der Waals surface area contributed by atoms with Crippen molar-refractivity contribution in [3.63, 3.8) is 0 Å². The Morgan fingerprint density at radius 3 is 2.41 bits per heavy atom. The molecule has 0 fully saturated rings. The molecule has 0 saturated heterocycles. The van der Waals surface area contributed by atoms with E-state index < -0.39 is 5.97 Å². The standard InChI is InChI=1S/C20H21NO6/c1-24-15-10-14-17(19(26-3)18(15)25-2)13(9-16(22)21-14)11-6-5-7-12(8-11)20(23)27-4/h5-8,10,13H,9H2,1-4H3,(H,21,22). The van der Waals surface area contributed by atoms with Crippen LogP contribution in [0, 0.1) is 0 Å². The van der Waals surface area contributed by atoms with Crippen molar-refractivity contribution in [2.75, 3.05) is 33.8 Å². The molecule has 1 N–H and O–H groups in total. The molecule has 0 aromatic heterocycles. The van der Waals surface area contributed by atoms with Crippen molar-refractivity contribution >= 4 is 17.6 Å². The molecule has 2 aromatic rings. The van der Waals surface area contributed by atoms with Crippen LogP contribution in [0.4, 0.5) is 5.69 Å². The molecule has 1 unspecified atom stereocenters. The molecule has 0 bridgehead atoms. The molecule has 1 amide bonds. The Kier molecular flexibility index (Phi) is 5.21. The number of hydrogen-bond acceptors (Lipinski definition) is 6. The molecule has 1 aliphatic heterocycles. The zero-order valence-corrected chi connectivity index (χ0v) is 15.6. The van der Waals surface area contributed by atoms with Gasteiger partial charge in [-0.3, -0.25) is 4.79 Å². The van der Waals surface area contributed by atoms with Crippen molar-refractivity contribution in [2.24, 2.45) is 0 Å². The molecule has 7 nitrogen and oxygen atoms in total. The fourth-order valence-electron chi connectivity index (χ4n) is 3.40. The highest BCUT2D eigenvalue weighted by Gasteiger charge is 2.33. The van der Waals surface area contributed by atoms with Gasteiger partial charge in [0.25, 0.3) is 0 Å². The van der Waals surface area contributed by atoms with Gasteiger partial charge in [0, 0.05) is 24.0 Å². The Balaban J connectivity index is 2.21. The number of carbonyl (C=O) groups excluding carboxylic acids is 2. The minimum Gasteiger partial charge on any atom is -0.493 e. The number of benzene rings is 2. The SMILES string of the molecule is COC(=O)c1cccc(C2CC(=O)Nc3cc(OC)c(OC)c(OC)c32)c1. The van der Waals surface area contributed by atoms with Crippen LogP contribution in [0.15, 0.2) is 30.3 Å². The van der Waals surface area contributed by atoms with E-state index >= 15 is 0 Å².